The third-order valence-electron chi connectivity index (χ3n) is 2.68. The smallest absolute Gasteiger partial charge is 0.219 e. The van der Waals surface area contributed by atoms with Crippen LogP contribution in [0.4, 0.5) is 5.69 Å². The summed E-state index contributed by atoms with van der Waals surface area (Å²) in [5.41, 5.74) is 2.06. The van der Waals surface area contributed by atoms with Crippen molar-refractivity contribution in [2.45, 2.75) is 75.2 Å². The first-order valence-electron chi connectivity index (χ1n) is 10.1. The zero-order valence-corrected chi connectivity index (χ0v) is 18.9. The van der Waals surface area contributed by atoms with Gasteiger partial charge in [-0.05, 0) is 37.8 Å². The Balaban J connectivity index is -0.000000297. The average Bonchev–Trinajstić information content (AvgIpc) is 3.14. The molecule has 0 aromatic heterocycles. The molecule has 152 valence electrons. The quantitative estimate of drug-likeness (QED) is 0.614. The van der Waals surface area contributed by atoms with Crippen LogP contribution in [0.25, 0.3) is 0 Å². The van der Waals surface area contributed by atoms with Gasteiger partial charge in [0.25, 0.3) is 0 Å². The van der Waals surface area contributed by atoms with Gasteiger partial charge in [0, 0.05) is 31.4 Å². The zero-order chi connectivity index (χ0) is 21.0. The molecule has 0 bridgehead atoms. The Kier molecular flexibility index (Phi) is 23.7. The molecule has 3 heteroatoms. The molecule has 1 saturated heterocycles. The lowest BCUT2D eigenvalue weighted by molar-refractivity contribution is -0.127. The molecule has 1 aromatic rings. The van der Waals surface area contributed by atoms with Crippen LogP contribution < -0.4 is 5.32 Å². The molecule has 3 nitrogen and oxygen atoms in total. The van der Waals surface area contributed by atoms with Crippen LogP contribution in [0.15, 0.2) is 42.6 Å². The molecular formula is C23H44N2O. The van der Waals surface area contributed by atoms with E-state index >= 15 is 0 Å². The van der Waals surface area contributed by atoms with Crippen LogP contribution in [0.1, 0.15) is 75.2 Å². The van der Waals surface area contributed by atoms with Crippen molar-refractivity contribution in [3.63, 3.8) is 0 Å². The number of nitrogens with zero attached hydrogens (tertiary/aromatic N) is 1. The summed E-state index contributed by atoms with van der Waals surface area (Å²) in [4.78, 5) is 12.5. The summed E-state index contributed by atoms with van der Waals surface area (Å²) >= 11 is 0. The number of carbonyl (C=O) groups is 1. The van der Waals surface area contributed by atoms with E-state index in [0.29, 0.717) is 0 Å². The van der Waals surface area contributed by atoms with Crippen molar-refractivity contribution in [2.75, 3.05) is 18.4 Å². The number of para-hydroxylation sites is 1. The fourth-order valence-electron chi connectivity index (χ4n) is 1.80. The van der Waals surface area contributed by atoms with Gasteiger partial charge >= 0.3 is 0 Å². The van der Waals surface area contributed by atoms with Crippen molar-refractivity contribution in [3.05, 3.63) is 42.6 Å². The van der Waals surface area contributed by atoms with E-state index in [0.717, 1.165) is 30.4 Å². The Morgan fingerprint density at radius 2 is 1.35 bits per heavy atom. The number of likely N-dealkylation sites (tertiary alicyclic amines) is 1. The lowest BCUT2D eigenvalue weighted by Crippen LogP contribution is -2.24. The lowest BCUT2D eigenvalue weighted by atomic mass is 10.3. The fraction of sp³-hybridized carbons (Fsp3) is 0.609. The number of allylic oxidation sites excluding steroid dienone is 1. The maximum absolute atomic E-state index is 10.6. The van der Waals surface area contributed by atoms with Gasteiger partial charge in [-0.15, -0.1) is 0 Å². The van der Waals surface area contributed by atoms with E-state index in [2.05, 4.69) is 32.7 Å². The van der Waals surface area contributed by atoms with E-state index in [1.54, 1.807) is 6.92 Å². The Labute approximate surface area is 163 Å². The number of hydrogen-bond acceptors (Lipinski definition) is 2. The molecule has 26 heavy (non-hydrogen) atoms. The second kappa shape index (κ2) is 21.3. The van der Waals surface area contributed by atoms with E-state index in [9.17, 15) is 4.79 Å². The molecule has 2 rings (SSSR count). The van der Waals surface area contributed by atoms with Crippen molar-refractivity contribution >= 4 is 11.6 Å². The minimum atomic E-state index is 0.225. The minimum Gasteiger partial charge on any atom is -0.360 e. The van der Waals surface area contributed by atoms with Crippen LogP contribution in [0.2, 0.25) is 0 Å². The fourth-order valence-corrected chi connectivity index (χ4v) is 1.80. The number of amides is 1. The molecule has 1 aliphatic heterocycles. The highest BCUT2D eigenvalue weighted by Crippen LogP contribution is 2.07. The van der Waals surface area contributed by atoms with Crippen molar-refractivity contribution in [2.24, 2.45) is 5.92 Å². The molecule has 0 aliphatic carbocycles. The molecule has 1 heterocycles. The van der Waals surface area contributed by atoms with Crippen LogP contribution in [0, 0.1) is 5.92 Å². The molecule has 1 amide bonds. The molecule has 0 spiro atoms. The molecule has 0 unspecified atom stereocenters. The van der Waals surface area contributed by atoms with E-state index in [-0.39, 0.29) is 5.91 Å². The van der Waals surface area contributed by atoms with Crippen molar-refractivity contribution < 1.29 is 4.79 Å². The lowest BCUT2D eigenvalue weighted by Gasteiger charge is -2.10. The Morgan fingerprint density at radius 1 is 0.962 bits per heavy atom. The highest BCUT2D eigenvalue weighted by molar-refractivity contribution is 5.73. The molecule has 1 N–H and O–H groups in total. The maximum atomic E-state index is 10.6. The Morgan fingerprint density at radius 3 is 1.62 bits per heavy atom. The van der Waals surface area contributed by atoms with Gasteiger partial charge in [0.2, 0.25) is 5.91 Å². The number of benzene rings is 1. The topological polar surface area (TPSA) is 32.3 Å². The van der Waals surface area contributed by atoms with Gasteiger partial charge in [0.05, 0.1) is 0 Å². The average molecular weight is 365 g/mol. The summed E-state index contributed by atoms with van der Waals surface area (Å²) in [5, 5.41) is 3.11. The maximum Gasteiger partial charge on any atom is 0.219 e. The second-order valence-corrected chi connectivity index (χ2v) is 6.22. The molecule has 0 radical (unpaired) electrons. The van der Waals surface area contributed by atoms with Crippen LogP contribution >= 0.6 is 0 Å². The van der Waals surface area contributed by atoms with Gasteiger partial charge in [0.1, 0.15) is 0 Å². The number of anilines is 1. The van der Waals surface area contributed by atoms with Gasteiger partial charge in [-0.25, -0.2) is 0 Å². The van der Waals surface area contributed by atoms with Crippen LogP contribution in [-0.4, -0.2) is 23.9 Å². The molecule has 1 aliphatic rings. The summed E-state index contributed by atoms with van der Waals surface area (Å²) in [5.74, 6) is 1.06. The van der Waals surface area contributed by atoms with Gasteiger partial charge in [0.15, 0.2) is 0 Å². The van der Waals surface area contributed by atoms with Crippen molar-refractivity contribution in [1.82, 2.24) is 4.90 Å². The molecule has 1 fully saturated rings. The summed E-state index contributed by atoms with van der Waals surface area (Å²) in [6.45, 7) is 23.8. The Bertz CT molecular complexity index is 418. The number of nitrogens with one attached hydrogen (secondary N) is 1. The van der Waals surface area contributed by atoms with Crippen LogP contribution in [0.3, 0.4) is 0 Å². The van der Waals surface area contributed by atoms with E-state index in [4.69, 9.17) is 0 Å². The largest absolute Gasteiger partial charge is 0.360 e. The third kappa shape index (κ3) is 22.2. The van der Waals surface area contributed by atoms with Crippen LogP contribution in [0.5, 0.6) is 0 Å². The predicted molar refractivity (Wildman–Crippen MR) is 120 cm³/mol. The van der Waals surface area contributed by atoms with Crippen molar-refractivity contribution in [3.8, 4) is 0 Å². The first-order valence-corrected chi connectivity index (χ1v) is 10.1. The summed E-state index contributed by atoms with van der Waals surface area (Å²) < 4.78 is 0. The first kappa shape index (κ1) is 29.0. The highest BCUT2D eigenvalue weighted by Gasteiger charge is 2.12. The monoisotopic (exact) mass is 364 g/mol. The predicted octanol–water partition coefficient (Wildman–Crippen LogP) is 6.98. The summed E-state index contributed by atoms with van der Waals surface area (Å²) in [7, 11) is 0. The summed E-state index contributed by atoms with van der Waals surface area (Å²) in [6.07, 6.45) is 2.39. The zero-order valence-electron chi connectivity index (χ0n) is 18.9. The summed E-state index contributed by atoms with van der Waals surface area (Å²) in [6, 6.07) is 9.99. The minimum absolute atomic E-state index is 0.225. The van der Waals surface area contributed by atoms with Gasteiger partial charge < -0.3 is 10.2 Å². The standard InChI is InChI=1S/C9H11N.C6H11NO.C4H10.2C2H6/c1-8(2)10-9-6-4-3-5-7-9;1-6(8)7-4-2-3-5-7;1-4(2)3;2*1-2/h3-7,10H,1H2,2H3;2-5H2,1H3;4H,1-3H3;2*1-2H3. The SMILES string of the molecule is C=C(C)Nc1ccccc1.CC.CC.CC(=O)N1CCCC1.CC(C)C. The van der Waals surface area contributed by atoms with Gasteiger partial charge in [-0.1, -0.05) is 73.2 Å². The van der Waals surface area contributed by atoms with Gasteiger partial charge in [-0.3, -0.25) is 4.79 Å². The molecule has 0 atom stereocenters. The normalized spacial score (nSPS) is 11.2. The van der Waals surface area contributed by atoms with E-state index in [1.807, 2.05) is 69.9 Å². The molecule has 1 aromatic carbocycles. The van der Waals surface area contributed by atoms with E-state index in [1.165, 1.54) is 12.8 Å². The highest BCUT2D eigenvalue weighted by atomic mass is 16.2. The number of carbonyl (C=O) groups excluding carboxylic acids is 1. The Hall–Kier alpha value is -1.77. The number of hydrogen-bond donors (Lipinski definition) is 1. The molecular weight excluding hydrogens is 320 g/mol. The third-order valence-corrected chi connectivity index (χ3v) is 2.68. The number of rotatable bonds is 2. The first-order chi connectivity index (χ1) is 12.3. The van der Waals surface area contributed by atoms with E-state index < -0.39 is 0 Å². The second-order valence-electron chi connectivity index (χ2n) is 6.22. The van der Waals surface area contributed by atoms with Gasteiger partial charge in [-0.2, -0.15) is 0 Å². The molecule has 0 saturated carbocycles. The van der Waals surface area contributed by atoms with Crippen molar-refractivity contribution in [1.29, 1.82) is 0 Å². The van der Waals surface area contributed by atoms with Crippen LogP contribution in [-0.2, 0) is 4.79 Å².